The molecule has 0 bridgehead atoms. The minimum Gasteiger partial charge on any atom is -0.381 e. The zero-order chi connectivity index (χ0) is 12.3. The van der Waals surface area contributed by atoms with Gasteiger partial charge in [-0.3, -0.25) is 4.79 Å². The zero-order valence-corrected chi connectivity index (χ0v) is 10.4. The standard InChI is InChI=1S/C13H21NO3/c1-3-12(15)14-10-9-11(17-4-2)13(10)5-7-16-8-6-13/h3,10-11H,1,4-9H2,2H3,(H,14,15). The van der Waals surface area contributed by atoms with Gasteiger partial charge in [-0.15, -0.1) is 0 Å². The fourth-order valence-corrected chi connectivity index (χ4v) is 3.04. The van der Waals surface area contributed by atoms with Crippen LogP contribution in [-0.4, -0.2) is 37.9 Å². The summed E-state index contributed by atoms with van der Waals surface area (Å²) < 4.78 is 11.2. The van der Waals surface area contributed by atoms with Crippen LogP contribution in [0.1, 0.15) is 26.2 Å². The number of carbonyl (C=O) groups excluding carboxylic acids is 1. The van der Waals surface area contributed by atoms with E-state index in [0.29, 0.717) is 0 Å². The van der Waals surface area contributed by atoms with Crippen LogP contribution in [0.4, 0.5) is 0 Å². The molecule has 96 valence electrons. The summed E-state index contributed by atoms with van der Waals surface area (Å²) in [7, 11) is 0. The molecule has 0 aromatic heterocycles. The van der Waals surface area contributed by atoms with Crippen molar-refractivity contribution in [1.82, 2.24) is 5.32 Å². The Labute approximate surface area is 102 Å². The molecule has 0 radical (unpaired) electrons. The van der Waals surface area contributed by atoms with Crippen LogP contribution in [0.5, 0.6) is 0 Å². The third-order valence-electron chi connectivity index (χ3n) is 4.08. The van der Waals surface area contributed by atoms with Crippen LogP contribution in [0.15, 0.2) is 12.7 Å². The Morgan fingerprint density at radius 1 is 1.59 bits per heavy atom. The molecule has 2 unspecified atom stereocenters. The maximum atomic E-state index is 11.4. The van der Waals surface area contributed by atoms with Crippen LogP contribution in [0, 0.1) is 5.41 Å². The van der Waals surface area contributed by atoms with E-state index >= 15 is 0 Å². The van der Waals surface area contributed by atoms with Crippen molar-refractivity contribution in [3.05, 3.63) is 12.7 Å². The molecule has 2 fully saturated rings. The van der Waals surface area contributed by atoms with Crippen molar-refractivity contribution in [2.75, 3.05) is 19.8 Å². The zero-order valence-electron chi connectivity index (χ0n) is 10.4. The van der Waals surface area contributed by atoms with Crippen molar-refractivity contribution in [2.24, 2.45) is 5.41 Å². The van der Waals surface area contributed by atoms with E-state index in [1.165, 1.54) is 6.08 Å². The van der Waals surface area contributed by atoms with Crippen LogP contribution in [-0.2, 0) is 14.3 Å². The number of ether oxygens (including phenoxy) is 2. The Hall–Kier alpha value is -0.870. The number of nitrogens with one attached hydrogen (secondary N) is 1. The Balaban J connectivity index is 2.02. The first-order valence-electron chi connectivity index (χ1n) is 6.35. The second kappa shape index (κ2) is 5.19. The van der Waals surface area contributed by atoms with Crippen molar-refractivity contribution < 1.29 is 14.3 Å². The van der Waals surface area contributed by atoms with Gasteiger partial charge in [-0.2, -0.15) is 0 Å². The largest absolute Gasteiger partial charge is 0.381 e. The fourth-order valence-electron chi connectivity index (χ4n) is 3.04. The van der Waals surface area contributed by atoms with Gasteiger partial charge in [0.25, 0.3) is 0 Å². The molecule has 0 aromatic carbocycles. The molecule has 4 nitrogen and oxygen atoms in total. The topological polar surface area (TPSA) is 47.6 Å². The normalized spacial score (nSPS) is 30.6. The lowest BCUT2D eigenvalue weighted by Gasteiger charge is -2.57. The average Bonchev–Trinajstić information content (AvgIpc) is 2.38. The molecule has 1 spiro atoms. The molecule has 1 amide bonds. The van der Waals surface area contributed by atoms with Crippen molar-refractivity contribution in [1.29, 1.82) is 0 Å². The summed E-state index contributed by atoms with van der Waals surface area (Å²) in [5, 5.41) is 3.02. The Kier molecular flexibility index (Phi) is 3.84. The SMILES string of the molecule is C=CC(=O)NC1CC(OCC)C12CCOCC2. The van der Waals surface area contributed by atoms with E-state index < -0.39 is 0 Å². The van der Waals surface area contributed by atoms with E-state index in [0.717, 1.165) is 39.1 Å². The van der Waals surface area contributed by atoms with E-state index in [1.54, 1.807) is 0 Å². The number of hydrogen-bond acceptors (Lipinski definition) is 3. The van der Waals surface area contributed by atoms with E-state index in [2.05, 4.69) is 11.9 Å². The molecule has 2 aliphatic rings. The Morgan fingerprint density at radius 2 is 2.29 bits per heavy atom. The van der Waals surface area contributed by atoms with Crippen molar-refractivity contribution in [2.45, 2.75) is 38.3 Å². The molecule has 0 aromatic rings. The van der Waals surface area contributed by atoms with Crippen LogP contribution in [0.3, 0.4) is 0 Å². The monoisotopic (exact) mass is 239 g/mol. The lowest BCUT2D eigenvalue weighted by Crippen LogP contribution is -2.66. The molecular weight excluding hydrogens is 218 g/mol. The summed E-state index contributed by atoms with van der Waals surface area (Å²) in [5.74, 6) is -0.0872. The quantitative estimate of drug-likeness (QED) is 0.751. The number of amides is 1. The van der Waals surface area contributed by atoms with Crippen LogP contribution in [0.2, 0.25) is 0 Å². The lowest BCUT2D eigenvalue weighted by molar-refractivity contribution is -0.174. The summed E-state index contributed by atoms with van der Waals surface area (Å²) in [4.78, 5) is 11.4. The summed E-state index contributed by atoms with van der Waals surface area (Å²) in [5.41, 5.74) is 0.0902. The predicted molar refractivity (Wildman–Crippen MR) is 64.6 cm³/mol. The molecule has 4 heteroatoms. The second-order valence-electron chi connectivity index (χ2n) is 4.79. The highest BCUT2D eigenvalue weighted by Gasteiger charge is 2.56. The van der Waals surface area contributed by atoms with Crippen LogP contribution < -0.4 is 5.32 Å². The molecular formula is C13H21NO3. The maximum Gasteiger partial charge on any atom is 0.243 e. The number of rotatable bonds is 4. The molecule has 1 N–H and O–H groups in total. The number of carbonyl (C=O) groups is 1. The van der Waals surface area contributed by atoms with E-state index in [4.69, 9.17) is 9.47 Å². The minimum atomic E-state index is -0.0872. The van der Waals surface area contributed by atoms with Gasteiger partial charge in [0.05, 0.1) is 6.10 Å². The first kappa shape index (κ1) is 12.6. The summed E-state index contributed by atoms with van der Waals surface area (Å²) in [6.07, 6.45) is 4.46. The van der Waals surface area contributed by atoms with Gasteiger partial charge in [-0.25, -0.2) is 0 Å². The van der Waals surface area contributed by atoms with Gasteiger partial charge in [0.2, 0.25) is 5.91 Å². The second-order valence-corrected chi connectivity index (χ2v) is 4.79. The number of hydrogen-bond donors (Lipinski definition) is 1. The minimum absolute atomic E-state index is 0.0872. The third-order valence-corrected chi connectivity index (χ3v) is 4.08. The molecule has 1 heterocycles. The highest BCUT2D eigenvalue weighted by Crippen LogP contribution is 2.50. The molecule has 2 rings (SSSR count). The Morgan fingerprint density at radius 3 is 2.88 bits per heavy atom. The van der Waals surface area contributed by atoms with E-state index in [1.807, 2.05) is 6.92 Å². The van der Waals surface area contributed by atoms with Gasteiger partial charge in [-0.05, 0) is 32.3 Å². The predicted octanol–water partition coefficient (Wildman–Crippen LogP) is 1.26. The highest BCUT2D eigenvalue weighted by atomic mass is 16.5. The Bertz CT molecular complexity index is 297. The van der Waals surface area contributed by atoms with Gasteiger partial charge in [0.1, 0.15) is 0 Å². The summed E-state index contributed by atoms with van der Waals surface area (Å²) in [6.45, 7) is 7.78. The van der Waals surface area contributed by atoms with Gasteiger partial charge in [0.15, 0.2) is 0 Å². The van der Waals surface area contributed by atoms with Crippen LogP contribution >= 0.6 is 0 Å². The fraction of sp³-hybridized carbons (Fsp3) is 0.769. The molecule has 17 heavy (non-hydrogen) atoms. The third kappa shape index (κ3) is 2.24. The molecule has 1 aliphatic heterocycles. The smallest absolute Gasteiger partial charge is 0.243 e. The first-order valence-corrected chi connectivity index (χ1v) is 6.35. The average molecular weight is 239 g/mol. The lowest BCUT2D eigenvalue weighted by atomic mass is 9.57. The van der Waals surface area contributed by atoms with Gasteiger partial charge in [-0.1, -0.05) is 6.58 Å². The molecule has 1 saturated heterocycles. The summed E-state index contributed by atoms with van der Waals surface area (Å²) >= 11 is 0. The van der Waals surface area contributed by atoms with Crippen molar-refractivity contribution >= 4 is 5.91 Å². The molecule has 1 saturated carbocycles. The van der Waals surface area contributed by atoms with E-state index in [-0.39, 0.29) is 23.5 Å². The van der Waals surface area contributed by atoms with Crippen molar-refractivity contribution in [3.8, 4) is 0 Å². The first-order chi connectivity index (χ1) is 8.23. The maximum absolute atomic E-state index is 11.4. The highest BCUT2D eigenvalue weighted by molar-refractivity contribution is 5.87. The van der Waals surface area contributed by atoms with Crippen molar-refractivity contribution in [3.63, 3.8) is 0 Å². The van der Waals surface area contributed by atoms with Gasteiger partial charge in [0, 0.05) is 31.3 Å². The summed E-state index contributed by atoms with van der Waals surface area (Å²) in [6, 6.07) is 0.216. The van der Waals surface area contributed by atoms with E-state index in [9.17, 15) is 4.79 Å². The van der Waals surface area contributed by atoms with Crippen LogP contribution in [0.25, 0.3) is 0 Å². The molecule has 1 aliphatic carbocycles. The molecule has 2 atom stereocenters. The van der Waals surface area contributed by atoms with Gasteiger partial charge >= 0.3 is 0 Å². The van der Waals surface area contributed by atoms with Gasteiger partial charge < -0.3 is 14.8 Å².